The first-order valence-electron chi connectivity index (χ1n) is 8.46. The van der Waals surface area contributed by atoms with Gasteiger partial charge in [-0.25, -0.2) is 0 Å². The van der Waals surface area contributed by atoms with E-state index in [9.17, 15) is 0 Å². The molecule has 1 atom stereocenters. The van der Waals surface area contributed by atoms with Gasteiger partial charge in [0.25, 0.3) is 0 Å². The first-order chi connectivity index (χ1) is 10.1. The van der Waals surface area contributed by atoms with Gasteiger partial charge in [0.1, 0.15) is 0 Å². The normalized spacial score (nSPS) is 19.4. The minimum absolute atomic E-state index is 0.0168. The summed E-state index contributed by atoms with van der Waals surface area (Å²) >= 11 is 0. The third-order valence-corrected chi connectivity index (χ3v) is 5.24. The van der Waals surface area contributed by atoms with Crippen LogP contribution >= 0.6 is 0 Å². The number of methoxy groups -OCH3 is 1. The first kappa shape index (κ1) is 16.5. The number of hydrogen-bond donors (Lipinski definition) is 1. The third kappa shape index (κ3) is 3.67. The smallest absolute Gasteiger partial charge is 0.0834 e. The van der Waals surface area contributed by atoms with Crippen LogP contribution < -0.4 is 5.32 Å². The predicted octanol–water partition coefficient (Wildman–Crippen LogP) is 4.17. The third-order valence-electron chi connectivity index (χ3n) is 5.24. The van der Waals surface area contributed by atoms with Crippen LogP contribution in [0.25, 0.3) is 0 Å². The number of ether oxygens (including phenoxy) is 1. The quantitative estimate of drug-likeness (QED) is 0.848. The Labute approximate surface area is 130 Å². The van der Waals surface area contributed by atoms with Crippen LogP contribution in [0.5, 0.6) is 0 Å². The Morgan fingerprint density at radius 2 is 1.76 bits per heavy atom. The van der Waals surface area contributed by atoms with Crippen LogP contribution in [0.3, 0.4) is 0 Å². The molecular weight excluding hydrogens is 258 g/mol. The zero-order chi connectivity index (χ0) is 15.3. The van der Waals surface area contributed by atoms with Gasteiger partial charge in [0.15, 0.2) is 0 Å². The first-order valence-corrected chi connectivity index (χ1v) is 8.46. The van der Waals surface area contributed by atoms with Crippen molar-refractivity contribution in [3.05, 3.63) is 34.9 Å². The lowest BCUT2D eigenvalue weighted by Gasteiger charge is -2.43. The van der Waals surface area contributed by atoms with Crippen LogP contribution in [-0.2, 0) is 11.2 Å². The van der Waals surface area contributed by atoms with Gasteiger partial charge in [0.2, 0.25) is 0 Å². The van der Waals surface area contributed by atoms with Gasteiger partial charge in [-0.15, -0.1) is 0 Å². The molecule has 2 nitrogen and oxygen atoms in total. The van der Waals surface area contributed by atoms with Gasteiger partial charge in [0.05, 0.1) is 5.60 Å². The molecule has 0 saturated heterocycles. The van der Waals surface area contributed by atoms with Crippen LogP contribution in [0.15, 0.2) is 18.2 Å². The molecule has 0 amide bonds. The van der Waals surface area contributed by atoms with Gasteiger partial charge in [-0.1, -0.05) is 44.4 Å². The molecule has 2 heteroatoms. The van der Waals surface area contributed by atoms with Crippen molar-refractivity contribution in [2.45, 2.75) is 70.9 Å². The van der Waals surface area contributed by atoms with Crippen molar-refractivity contribution in [1.29, 1.82) is 0 Å². The topological polar surface area (TPSA) is 21.3 Å². The number of nitrogens with one attached hydrogen (secondary N) is 1. The fourth-order valence-corrected chi connectivity index (χ4v) is 3.91. The van der Waals surface area contributed by atoms with E-state index in [1.54, 1.807) is 0 Å². The molecule has 0 spiro atoms. The molecule has 0 bridgehead atoms. The molecule has 1 saturated carbocycles. The van der Waals surface area contributed by atoms with Crippen molar-refractivity contribution in [3.63, 3.8) is 0 Å². The van der Waals surface area contributed by atoms with Gasteiger partial charge < -0.3 is 10.1 Å². The van der Waals surface area contributed by atoms with Crippen LogP contribution in [0.2, 0.25) is 0 Å². The molecule has 1 N–H and O–H groups in total. The average molecular weight is 289 g/mol. The second-order valence-electron chi connectivity index (χ2n) is 6.51. The Balaban J connectivity index is 2.25. The summed E-state index contributed by atoms with van der Waals surface area (Å²) in [6.07, 6.45) is 7.39. The Bertz CT molecular complexity index is 429. The lowest BCUT2D eigenvalue weighted by molar-refractivity contribution is -0.0670. The molecule has 1 aromatic carbocycles. The van der Waals surface area contributed by atoms with Gasteiger partial charge in [-0.3, -0.25) is 0 Å². The van der Waals surface area contributed by atoms with Gasteiger partial charge >= 0.3 is 0 Å². The highest BCUT2D eigenvalue weighted by molar-refractivity contribution is 5.34. The summed E-state index contributed by atoms with van der Waals surface area (Å²) in [5.41, 5.74) is 4.31. The Kier molecular flexibility index (Phi) is 5.83. The summed E-state index contributed by atoms with van der Waals surface area (Å²) in [6, 6.07) is 7.02. The fraction of sp³-hybridized carbons (Fsp3) is 0.684. The number of benzene rings is 1. The molecule has 0 aliphatic heterocycles. The minimum Gasteiger partial charge on any atom is -0.377 e. The van der Waals surface area contributed by atoms with Crippen molar-refractivity contribution in [3.8, 4) is 0 Å². The molecule has 118 valence electrons. The molecule has 21 heavy (non-hydrogen) atoms. The Hall–Kier alpha value is -0.860. The van der Waals surface area contributed by atoms with E-state index in [0.717, 1.165) is 13.0 Å². The van der Waals surface area contributed by atoms with Crippen LogP contribution in [-0.4, -0.2) is 25.3 Å². The summed E-state index contributed by atoms with van der Waals surface area (Å²) in [5, 5.41) is 3.72. The lowest BCUT2D eigenvalue weighted by atomic mass is 9.76. The molecule has 0 heterocycles. The van der Waals surface area contributed by atoms with Crippen molar-refractivity contribution in [1.82, 2.24) is 5.32 Å². The lowest BCUT2D eigenvalue weighted by Crippen LogP contribution is -2.54. The van der Waals surface area contributed by atoms with E-state index >= 15 is 0 Å². The summed E-state index contributed by atoms with van der Waals surface area (Å²) in [6.45, 7) is 7.65. The largest absolute Gasteiger partial charge is 0.377 e. The fourth-order valence-electron chi connectivity index (χ4n) is 3.91. The molecule has 1 aliphatic carbocycles. The van der Waals surface area contributed by atoms with E-state index in [2.05, 4.69) is 44.3 Å². The molecule has 1 aromatic rings. The van der Waals surface area contributed by atoms with Crippen LogP contribution in [0.1, 0.15) is 55.7 Å². The van der Waals surface area contributed by atoms with Crippen molar-refractivity contribution >= 4 is 0 Å². The van der Waals surface area contributed by atoms with E-state index in [0.29, 0.717) is 6.04 Å². The molecule has 0 radical (unpaired) electrons. The maximum absolute atomic E-state index is 6.08. The molecule has 2 rings (SSSR count). The molecule has 1 fully saturated rings. The second kappa shape index (κ2) is 7.42. The maximum Gasteiger partial charge on any atom is 0.0834 e. The number of hydrogen-bond acceptors (Lipinski definition) is 2. The van der Waals surface area contributed by atoms with E-state index in [1.165, 1.54) is 48.8 Å². The van der Waals surface area contributed by atoms with Crippen LogP contribution in [0, 0.1) is 13.8 Å². The average Bonchev–Trinajstić information content (AvgIpc) is 2.50. The highest BCUT2D eigenvalue weighted by Gasteiger charge is 2.39. The van der Waals surface area contributed by atoms with E-state index in [4.69, 9.17) is 4.74 Å². The zero-order valence-electron chi connectivity index (χ0n) is 14.2. The highest BCUT2D eigenvalue weighted by atomic mass is 16.5. The van der Waals surface area contributed by atoms with E-state index in [1.807, 2.05) is 7.11 Å². The Morgan fingerprint density at radius 3 is 2.29 bits per heavy atom. The summed E-state index contributed by atoms with van der Waals surface area (Å²) < 4.78 is 6.08. The maximum atomic E-state index is 6.08. The standard InChI is InChI=1S/C19H31NO/c1-5-20-18(19(21-4)12-7-6-8-13-19)14-17-15(2)10-9-11-16(17)3/h9-11,18,20H,5-8,12-14H2,1-4H3. The molecule has 1 unspecified atom stereocenters. The molecule has 1 aliphatic rings. The highest BCUT2D eigenvalue weighted by Crippen LogP contribution is 2.36. The minimum atomic E-state index is 0.0168. The summed E-state index contributed by atoms with van der Waals surface area (Å²) in [4.78, 5) is 0. The summed E-state index contributed by atoms with van der Waals surface area (Å²) in [7, 11) is 1.90. The SMILES string of the molecule is CCNC(Cc1c(C)cccc1C)C1(OC)CCCCC1. The summed E-state index contributed by atoms with van der Waals surface area (Å²) in [5.74, 6) is 0. The number of likely N-dealkylation sites (N-methyl/N-ethyl adjacent to an activating group) is 1. The van der Waals surface area contributed by atoms with Crippen molar-refractivity contribution in [2.24, 2.45) is 0 Å². The molecular formula is C19H31NO. The Morgan fingerprint density at radius 1 is 1.14 bits per heavy atom. The monoisotopic (exact) mass is 289 g/mol. The van der Waals surface area contributed by atoms with Gasteiger partial charge in [-0.05, 0) is 56.3 Å². The second-order valence-corrected chi connectivity index (χ2v) is 6.51. The van der Waals surface area contributed by atoms with Crippen LogP contribution in [0.4, 0.5) is 0 Å². The van der Waals surface area contributed by atoms with Crippen molar-refractivity contribution < 1.29 is 4.74 Å². The van der Waals surface area contributed by atoms with Gasteiger partial charge in [-0.2, -0.15) is 0 Å². The number of aryl methyl sites for hydroxylation is 2. The van der Waals surface area contributed by atoms with Gasteiger partial charge in [0, 0.05) is 13.2 Å². The zero-order valence-corrected chi connectivity index (χ0v) is 14.2. The van der Waals surface area contributed by atoms with Crippen molar-refractivity contribution in [2.75, 3.05) is 13.7 Å². The molecule has 0 aromatic heterocycles. The predicted molar refractivity (Wildman–Crippen MR) is 89.9 cm³/mol. The van der Waals surface area contributed by atoms with E-state index in [-0.39, 0.29) is 5.60 Å². The van der Waals surface area contributed by atoms with E-state index < -0.39 is 0 Å². The number of rotatable bonds is 6.